The molecule has 0 spiro atoms. The van der Waals surface area contributed by atoms with E-state index in [1.165, 1.54) is 12.8 Å². The first-order valence-corrected chi connectivity index (χ1v) is 5.69. The molecule has 0 aromatic heterocycles. The van der Waals surface area contributed by atoms with E-state index in [2.05, 4.69) is 33.1 Å². The summed E-state index contributed by atoms with van der Waals surface area (Å²) in [5, 5.41) is 3.55. The van der Waals surface area contributed by atoms with Crippen LogP contribution in [0.5, 0.6) is 0 Å². The van der Waals surface area contributed by atoms with Gasteiger partial charge in [0.2, 0.25) is 0 Å². The smallest absolute Gasteiger partial charge is 0.0620 e. The summed E-state index contributed by atoms with van der Waals surface area (Å²) in [6.07, 6.45) is 3.07. The van der Waals surface area contributed by atoms with Crippen molar-refractivity contribution in [2.75, 3.05) is 14.2 Å². The Morgan fingerprint density at radius 2 is 1.86 bits per heavy atom. The summed E-state index contributed by atoms with van der Waals surface area (Å²) in [5.41, 5.74) is 0.651. The van der Waals surface area contributed by atoms with Crippen LogP contribution in [0.25, 0.3) is 0 Å². The zero-order chi connectivity index (χ0) is 10.6. The first-order chi connectivity index (χ1) is 6.47. The van der Waals surface area contributed by atoms with Crippen molar-refractivity contribution in [3.05, 3.63) is 0 Å². The maximum absolute atomic E-state index is 5.60. The quantitative estimate of drug-likeness (QED) is 0.731. The molecular weight excluding hydrogens is 174 g/mol. The van der Waals surface area contributed by atoms with Gasteiger partial charge in [-0.15, -0.1) is 0 Å². The Morgan fingerprint density at radius 3 is 2.29 bits per heavy atom. The monoisotopic (exact) mass is 197 g/mol. The second kappa shape index (κ2) is 2.96. The number of fused-ring (bicyclic) bond motifs is 2. The fraction of sp³-hybridized carbons (Fsp3) is 1.00. The predicted molar refractivity (Wildman–Crippen MR) is 58.3 cm³/mol. The van der Waals surface area contributed by atoms with Crippen molar-refractivity contribution in [3.8, 4) is 0 Å². The van der Waals surface area contributed by atoms with Gasteiger partial charge in [-0.1, -0.05) is 13.8 Å². The van der Waals surface area contributed by atoms with E-state index in [1.54, 1.807) is 0 Å². The lowest BCUT2D eigenvalue weighted by atomic mass is 9.63. The van der Waals surface area contributed by atoms with E-state index in [0.29, 0.717) is 17.4 Å². The van der Waals surface area contributed by atoms with Crippen molar-refractivity contribution in [2.45, 2.75) is 45.3 Å². The molecule has 2 heteroatoms. The Bertz CT molecular complexity index is 238. The number of hydrogen-bond donors (Lipinski definition) is 1. The third kappa shape index (κ3) is 0.989. The van der Waals surface area contributed by atoms with Gasteiger partial charge >= 0.3 is 0 Å². The van der Waals surface area contributed by atoms with Crippen LogP contribution in [-0.2, 0) is 4.74 Å². The Balaban J connectivity index is 2.31. The van der Waals surface area contributed by atoms with Crippen molar-refractivity contribution in [1.82, 2.24) is 5.32 Å². The molecular formula is C12H23NO. The SMILES string of the molecule is CN[C@]1(C)[C@@H]2C[C@H](C[C@H]2OC)C1(C)C. The largest absolute Gasteiger partial charge is 0.381 e. The van der Waals surface area contributed by atoms with E-state index in [0.717, 1.165) is 5.92 Å². The van der Waals surface area contributed by atoms with Gasteiger partial charge in [0.25, 0.3) is 0 Å². The minimum Gasteiger partial charge on any atom is -0.381 e. The van der Waals surface area contributed by atoms with Crippen LogP contribution in [-0.4, -0.2) is 25.8 Å². The molecule has 0 amide bonds. The molecule has 82 valence electrons. The summed E-state index contributed by atoms with van der Waals surface area (Å²) in [7, 11) is 3.95. The molecule has 2 nitrogen and oxygen atoms in total. The third-order valence-electron chi connectivity index (χ3n) is 5.43. The van der Waals surface area contributed by atoms with Crippen LogP contribution in [0.15, 0.2) is 0 Å². The van der Waals surface area contributed by atoms with Gasteiger partial charge in [0.15, 0.2) is 0 Å². The highest BCUT2D eigenvalue weighted by Gasteiger charge is 2.63. The van der Waals surface area contributed by atoms with E-state index in [9.17, 15) is 0 Å². The molecule has 2 rings (SSSR count). The summed E-state index contributed by atoms with van der Waals surface area (Å²) in [6, 6.07) is 0. The lowest BCUT2D eigenvalue weighted by molar-refractivity contribution is -0.0342. The molecule has 2 saturated carbocycles. The maximum atomic E-state index is 5.60. The Hall–Kier alpha value is -0.0800. The van der Waals surface area contributed by atoms with E-state index < -0.39 is 0 Å². The molecule has 14 heavy (non-hydrogen) atoms. The van der Waals surface area contributed by atoms with Gasteiger partial charge in [-0.2, -0.15) is 0 Å². The van der Waals surface area contributed by atoms with Crippen LogP contribution in [0.1, 0.15) is 33.6 Å². The second-order valence-corrected chi connectivity index (χ2v) is 5.72. The normalized spacial score (nSPS) is 49.9. The molecule has 0 aliphatic heterocycles. The molecule has 0 aromatic rings. The number of hydrogen-bond acceptors (Lipinski definition) is 2. The van der Waals surface area contributed by atoms with Crippen LogP contribution in [0.2, 0.25) is 0 Å². The lowest BCUT2D eigenvalue weighted by Gasteiger charge is -2.50. The van der Waals surface area contributed by atoms with Crippen LogP contribution in [0, 0.1) is 17.3 Å². The highest BCUT2D eigenvalue weighted by atomic mass is 16.5. The first-order valence-electron chi connectivity index (χ1n) is 5.69. The molecule has 2 aliphatic rings. The van der Waals surface area contributed by atoms with Crippen LogP contribution < -0.4 is 5.32 Å². The van der Waals surface area contributed by atoms with Crippen molar-refractivity contribution < 1.29 is 4.74 Å². The van der Waals surface area contributed by atoms with Gasteiger partial charge in [0.05, 0.1) is 6.10 Å². The van der Waals surface area contributed by atoms with E-state index in [4.69, 9.17) is 4.74 Å². The van der Waals surface area contributed by atoms with Crippen LogP contribution in [0.3, 0.4) is 0 Å². The van der Waals surface area contributed by atoms with Gasteiger partial charge in [-0.25, -0.2) is 0 Å². The fourth-order valence-corrected chi connectivity index (χ4v) is 3.87. The molecule has 0 aromatic carbocycles. The summed E-state index contributed by atoms with van der Waals surface area (Å²) in [4.78, 5) is 0. The maximum Gasteiger partial charge on any atom is 0.0620 e. The van der Waals surface area contributed by atoms with Crippen molar-refractivity contribution in [2.24, 2.45) is 17.3 Å². The van der Waals surface area contributed by atoms with E-state index in [-0.39, 0.29) is 5.54 Å². The fourth-order valence-electron chi connectivity index (χ4n) is 3.87. The molecule has 0 radical (unpaired) electrons. The van der Waals surface area contributed by atoms with Crippen LogP contribution in [0.4, 0.5) is 0 Å². The van der Waals surface area contributed by atoms with Crippen molar-refractivity contribution in [1.29, 1.82) is 0 Å². The van der Waals surface area contributed by atoms with E-state index in [1.807, 2.05) is 7.11 Å². The van der Waals surface area contributed by atoms with Crippen molar-refractivity contribution >= 4 is 0 Å². The molecule has 0 saturated heterocycles. The number of nitrogens with one attached hydrogen (secondary N) is 1. The van der Waals surface area contributed by atoms with Gasteiger partial charge in [-0.3, -0.25) is 0 Å². The van der Waals surface area contributed by atoms with Gasteiger partial charge in [0.1, 0.15) is 0 Å². The molecule has 2 fully saturated rings. The molecule has 2 aliphatic carbocycles. The van der Waals surface area contributed by atoms with Crippen LogP contribution >= 0.6 is 0 Å². The summed E-state index contributed by atoms with van der Waals surface area (Å²) < 4.78 is 5.60. The zero-order valence-corrected chi connectivity index (χ0v) is 10.1. The summed E-state index contributed by atoms with van der Waals surface area (Å²) in [5.74, 6) is 1.52. The second-order valence-electron chi connectivity index (χ2n) is 5.72. The predicted octanol–water partition coefficient (Wildman–Crippen LogP) is 2.05. The number of rotatable bonds is 2. The highest BCUT2D eigenvalue weighted by Crippen LogP contribution is 2.61. The van der Waals surface area contributed by atoms with E-state index >= 15 is 0 Å². The zero-order valence-electron chi connectivity index (χ0n) is 10.1. The molecule has 4 atom stereocenters. The molecule has 0 heterocycles. The Kier molecular flexibility index (Phi) is 2.20. The lowest BCUT2D eigenvalue weighted by Crippen LogP contribution is -2.59. The standard InChI is InChI=1S/C12H23NO/c1-11(2)8-6-9(10(7-8)14-5)12(11,3)13-4/h8-10,13H,6-7H2,1-5H3/t8-,9-,10-,12-/m1/s1. The minimum absolute atomic E-state index is 0.247. The van der Waals surface area contributed by atoms with Gasteiger partial charge < -0.3 is 10.1 Å². The first kappa shape index (κ1) is 10.4. The Labute approximate surface area is 87.4 Å². The molecule has 1 N–H and O–H groups in total. The topological polar surface area (TPSA) is 21.3 Å². The van der Waals surface area contributed by atoms with Gasteiger partial charge in [-0.05, 0) is 38.1 Å². The minimum atomic E-state index is 0.247. The third-order valence-corrected chi connectivity index (χ3v) is 5.43. The highest BCUT2D eigenvalue weighted by molar-refractivity contribution is 5.16. The molecule has 0 unspecified atom stereocenters. The average molecular weight is 197 g/mol. The summed E-state index contributed by atoms with van der Waals surface area (Å²) >= 11 is 0. The summed E-state index contributed by atoms with van der Waals surface area (Å²) in [6.45, 7) is 7.17. The van der Waals surface area contributed by atoms with Crippen molar-refractivity contribution in [3.63, 3.8) is 0 Å². The average Bonchev–Trinajstić information content (AvgIpc) is 2.66. The molecule has 2 bridgehead atoms. The number of ether oxygens (including phenoxy) is 1. The van der Waals surface area contributed by atoms with Gasteiger partial charge in [0, 0.05) is 18.6 Å². The Morgan fingerprint density at radius 1 is 1.21 bits per heavy atom. The number of methoxy groups -OCH3 is 1.